The van der Waals surface area contributed by atoms with Crippen molar-refractivity contribution in [2.45, 2.75) is 31.7 Å². The van der Waals surface area contributed by atoms with Crippen molar-refractivity contribution in [1.82, 2.24) is 10.6 Å². The van der Waals surface area contributed by atoms with Crippen molar-refractivity contribution in [3.63, 3.8) is 0 Å². The number of amides is 3. The molecule has 3 unspecified atom stereocenters. The van der Waals surface area contributed by atoms with Gasteiger partial charge in [0, 0.05) is 24.6 Å². The predicted octanol–water partition coefficient (Wildman–Crippen LogP) is 3.35. The monoisotopic (exact) mass is 349 g/mol. The van der Waals surface area contributed by atoms with E-state index in [0.29, 0.717) is 18.9 Å². The maximum atomic E-state index is 12.5. The van der Waals surface area contributed by atoms with Crippen molar-refractivity contribution in [2.75, 3.05) is 11.9 Å². The van der Waals surface area contributed by atoms with Crippen molar-refractivity contribution in [3.8, 4) is 0 Å². The third-order valence-corrected chi connectivity index (χ3v) is 5.40. The fourth-order valence-electron chi connectivity index (χ4n) is 4.11. The molecule has 5 heteroatoms. The zero-order chi connectivity index (χ0) is 18.1. The lowest BCUT2D eigenvalue weighted by atomic mass is 9.90. The largest absolute Gasteiger partial charge is 0.338 e. The number of anilines is 1. The first-order valence-corrected chi connectivity index (χ1v) is 9.13. The first kappa shape index (κ1) is 16.6. The zero-order valence-corrected chi connectivity index (χ0v) is 14.8. The molecule has 26 heavy (non-hydrogen) atoms. The molecule has 1 aliphatic heterocycles. The first-order chi connectivity index (χ1) is 12.6. The van der Waals surface area contributed by atoms with Gasteiger partial charge in [0.1, 0.15) is 0 Å². The Labute approximate surface area is 153 Å². The molecule has 4 rings (SSSR count). The molecule has 3 N–H and O–H groups in total. The van der Waals surface area contributed by atoms with Gasteiger partial charge in [-0.05, 0) is 35.1 Å². The number of carbonyl (C=O) groups excluding carboxylic acids is 2. The van der Waals surface area contributed by atoms with Crippen molar-refractivity contribution >= 4 is 17.6 Å². The van der Waals surface area contributed by atoms with Crippen LogP contribution in [0, 0.1) is 5.92 Å². The van der Waals surface area contributed by atoms with Gasteiger partial charge in [-0.1, -0.05) is 49.4 Å². The van der Waals surface area contributed by atoms with Gasteiger partial charge in [0.25, 0.3) is 0 Å². The summed E-state index contributed by atoms with van der Waals surface area (Å²) in [6.45, 7) is 2.60. The summed E-state index contributed by atoms with van der Waals surface area (Å²) in [6, 6.07) is 15.9. The Kier molecular flexibility index (Phi) is 4.37. The Morgan fingerprint density at radius 3 is 2.65 bits per heavy atom. The Morgan fingerprint density at radius 1 is 1.08 bits per heavy atom. The summed E-state index contributed by atoms with van der Waals surface area (Å²) in [4.78, 5) is 24.4. The number of nitrogens with one attached hydrogen (secondary N) is 3. The van der Waals surface area contributed by atoms with Gasteiger partial charge in [0.2, 0.25) is 5.91 Å². The highest BCUT2D eigenvalue weighted by atomic mass is 16.2. The number of hydrogen-bond acceptors (Lipinski definition) is 2. The van der Waals surface area contributed by atoms with Gasteiger partial charge in [0.05, 0.1) is 6.04 Å². The molecule has 0 aromatic heterocycles. The van der Waals surface area contributed by atoms with E-state index in [0.717, 1.165) is 17.7 Å². The lowest BCUT2D eigenvalue weighted by Crippen LogP contribution is -2.41. The molecule has 134 valence electrons. The summed E-state index contributed by atoms with van der Waals surface area (Å²) in [7, 11) is 0. The number of rotatable bonds is 3. The molecule has 2 aromatic rings. The highest BCUT2D eigenvalue weighted by molar-refractivity contribution is 5.94. The zero-order valence-electron chi connectivity index (χ0n) is 14.8. The standard InChI is InChI=1S/C21H23N3O2/c1-13-10-14-6-2-3-8-17(14)20(13)24-21(26)22-12-15-11-19(25)23-18-9-5-4-7-16(15)18/h2-9,13,15,20H,10-12H2,1H3,(H,23,25)(H2,22,24,26). The number of benzene rings is 2. The van der Waals surface area contributed by atoms with Gasteiger partial charge in [-0.3, -0.25) is 4.79 Å². The van der Waals surface area contributed by atoms with E-state index < -0.39 is 0 Å². The van der Waals surface area contributed by atoms with Gasteiger partial charge in [-0.25, -0.2) is 4.79 Å². The average molecular weight is 349 g/mol. The number of hydrogen-bond donors (Lipinski definition) is 3. The van der Waals surface area contributed by atoms with Gasteiger partial charge in [-0.2, -0.15) is 0 Å². The Hall–Kier alpha value is -2.82. The van der Waals surface area contributed by atoms with Crippen molar-refractivity contribution in [3.05, 3.63) is 65.2 Å². The fourth-order valence-corrected chi connectivity index (χ4v) is 4.11. The van der Waals surface area contributed by atoms with Gasteiger partial charge in [-0.15, -0.1) is 0 Å². The molecule has 1 aliphatic carbocycles. The highest BCUT2D eigenvalue weighted by Gasteiger charge is 2.30. The molecule has 0 spiro atoms. The van der Waals surface area contributed by atoms with Gasteiger partial charge >= 0.3 is 6.03 Å². The maximum Gasteiger partial charge on any atom is 0.315 e. The van der Waals surface area contributed by atoms with Crippen LogP contribution >= 0.6 is 0 Å². The number of carbonyl (C=O) groups is 2. The molecule has 2 aliphatic rings. The molecule has 0 saturated carbocycles. The van der Waals surface area contributed by atoms with E-state index in [1.54, 1.807) is 0 Å². The lowest BCUT2D eigenvalue weighted by Gasteiger charge is -2.26. The minimum atomic E-state index is -0.179. The fraction of sp³-hybridized carbons (Fsp3) is 0.333. The van der Waals surface area contributed by atoms with Crippen molar-refractivity contribution in [2.24, 2.45) is 5.92 Å². The molecular weight excluding hydrogens is 326 g/mol. The minimum Gasteiger partial charge on any atom is -0.338 e. The molecular formula is C21H23N3O2. The van der Waals surface area contributed by atoms with Crippen LogP contribution in [0.25, 0.3) is 0 Å². The summed E-state index contributed by atoms with van der Waals surface area (Å²) in [5.41, 5.74) is 4.43. The van der Waals surface area contributed by atoms with E-state index in [2.05, 4.69) is 35.0 Å². The number of fused-ring (bicyclic) bond motifs is 2. The van der Waals surface area contributed by atoms with Crippen LogP contribution in [0.15, 0.2) is 48.5 Å². The van der Waals surface area contributed by atoms with Crippen LogP contribution in [0.1, 0.15) is 42.0 Å². The van der Waals surface area contributed by atoms with Crippen LogP contribution in [0.2, 0.25) is 0 Å². The summed E-state index contributed by atoms with van der Waals surface area (Å²) in [5, 5.41) is 8.96. The third-order valence-electron chi connectivity index (χ3n) is 5.40. The summed E-state index contributed by atoms with van der Waals surface area (Å²) in [5.74, 6) is 0.368. The Morgan fingerprint density at radius 2 is 1.81 bits per heavy atom. The van der Waals surface area contributed by atoms with Gasteiger partial charge in [0.15, 0.2) is 0 Å². The van der Waals surface area contributed by atoms with Crippen molar-refractivity contribution < 1.29 is 9.59 Å². The molecule has 3 amide bonds. The second-order valence-corrected chi connectivity index (χ2v) is 7.25. The van der Waals surface area contributed by atoms with E-state index in [1.165, 1.54) is 11.1 Å². The topological polar surface area (TPSA) is 70.2 Å². The molecule has 0 bridgehead atoms. The molecule has 2 aromatic carbocycles. The van der Waals surface area contributed by atoms with Crippen LogP contribution in [0.3, 0.4) is 0 Å². The lowest BCUT2D eigenvalue weighted by molar-refractivity contribution is -0.116. The van der Waals surface area contributed by atoms with Gasteiger partial charge < -0.3 is 16.0 Å². The molecule has 3 atom stereocenters. The SMILES string of the molecule is CC1Cc2ccccc2C1NC(=O)NCC1CC(=O)Nc2ccccc21. The quantitative estimate of drug-likeness (QED) is 0.795. The van der Waals surface area contributed by atoms with E-state index in [9.17, 15) is 9.59 Å². The maximum absolute atomic E-state index is 12.5. The first-order valence-electron chi connectivity index (χ1n) is 9.13. The molecule has 5 nitrogen and oxygen atoms in total. The van der Waals surface area contributed by atoms with Crippen LogP contribution in [-0.2, 0) is 11.2 Å². The summed E-state index contributed by atoms with van der Waals surface area (Å²) in [6.07, 6.45) is 1.37. The molecule has 0 saturated heterocycles. The Bertz CT molecular complexity index is 849. The van der Waals surface area contributed by atoms with E-state index in [4.69, 9.17) is 0 Å². The number of urea groups is 1. The molecule has 1 heterocycles. The minimum absolute atomic E-state index is 0.000937. The highest BCUT2D eigenvalue weighted by Crippen LogP contribution is 2.35. The summed E-state index contributed by atoms with van der Waals surface area (Å²) < 4.78 is 0. The summed E-state index contributed by atoms with van der Waals surface area (Å²) >= 11 is 0. The third kappa shape index (κ3) is 3.17. The van der Waals surface area contributed by atoms with Crippen LogP contribution in [0.4, 0.5) is 10.5 Å². The second kappa shape index (κ2) is 6.83. The normalized spacial score (nSPS) is 23.6. The molecule has 0 radical (unpaired) electrons. The molecule has 0 fully saturated rings. The van der Waals surface area contributed by atoms with Crippen LogP contribution < -0.4 is 16.0 Å². The second-order valence-electron chi connectivity index (χ2n) is 7.25. The van der Waals surface area contributed by atoms with Crippen LogP contribution in [0.5, 0.6) is 0 Å². The van der Waals surface area contributed by atoms with E-state index >= 15 is 0 Å². The van der Waals surface area contributed by atoms with E-state index in [-0.39, 0.29) is 23.9 Å². The number of para-hydroxylation sites is 1. The average Bonchev–Trinajstić information content (AvgIpc) is 2.95. The predicted molar refractivity (Wildman–Crippen MR) is 101 cm³/mol. The Balaban J connectivity index is 1.40. The van der Waals surface area contributed by atoms with E-state index in [1.807, 2.05) is 36.4 Å². The van der Waals surface area contributed by atoms with Crippen molar-refractivity contribution in [1.29, 1.82) is 0 Å². The smallest absolute Gasteiger partial charge is 0.315 e. The van der Waals surface area contributed by atoms with Crippen LogP contribution in [-0.4, -0.2) is 18.5 Å².